The molecule has 3 heteroatoms. The van der Waals surface area contributed by atoms with Gasteiger partial charge in [0.05, 0.1) is 6.10 Å². The topological polar surface area (TPSA) is 33.3 Å². The van der Waals surface area contributed by atoms with E-state index in [0.29, 0.717) is 6.10 Å². The Morgan fingerprint density at radius 2 is 1.15 bits per heavy atom. The molecule has 0 bridgehead atoms. The molecule has 2 aliphatic rings. The lowest BCUT2D eigenvalue weighted by Crippen LogP contribution is -2.39. The van der Waals surface area contributed by atoms with Crippen molar-refractivity contribution < 1.29 is 4.84 Å². The lowest BCUT2D eigenvalue weighted by Gasteiger charge is -2.28. The van der Waals surface area contributed by atoms with Crippen LogP contribution in [0.2, 0.25) is 0 Å². The first-order valence-electron chi connectivity index (χ1n) is 9.10. The van der Waals surface area contributed by atoms with Crippen molar-refractivity contribution in [3.8, 4) is 0 Å². The molecule has 20 heavy (non-hydrogen) atoms. The maximum atomic E-state index is 5.97. The summed E-state index contributed by atoms with van der Waals surface area (Å²) in [5, 5.41) is 0. The second kappa shape index (κ2) is 10.6. The van der Waals surface area contributed by atoms with Gasteiger partial charge in [0, 0.05) is 6.54 Å². The molecular formula is C17H34N2O. The maximum Gasteiger partial charge on any atom is 0.0834 e. The largest absolute Gasteiger partial charge is 0.283 e. The Hall–Kier alpha value is -0.120. The van der Waals surface area contributed by atoms with Gasteiger partial charge in [-0.1, -0.05) is 64.2 Å². The number of hydrogen-bond acceptors (Lipinski definition) is 3. The van der Waals surface area contributed by atoms with E-state index in [1.165, 1.54) is 89.9 Å². The molecule has 1 aliphatic heterocycles. The number of hydrazine groups is 1. The molecule has 0 aromatic rings. The van der Waals surface area contributed by atoms with Crippen LogP contribution in [0.3, 0.4) is 0 Å². The van der Waals surface area contributed by atoms with Crippen LogP contribution in [-0.4, -0.2) is 12.6 Å². The van der Waals surface area contributed by atoms with E-state index < -0.39 is 0 Å². The van der Waals surface area contributed by atoms with E-state index in [1.807, 2.05) is 0 Å². The highest BCUT2D eigenvalue weighted by molar-refractivity contribution is 4.72. The van der Waals surface area contributed by atoms with Gasteiger partial charge in [-0.05, 0) is 31.6 Å². The van der Waals surface area contributed by atoms with E-state index in [0.717, 1.165) is 12.5 Å². The number of hydrogen-bond donors (Lipinski definition) is 2. The third kappa shape index (κ3) is 6.55. The zero-order chi connectivity index (χ0) is 13.9. The average molecular weight is 282 g/mol. The van der Waals surface area contributed by atoms with Gasteiger partial charge in [0.2, 0.25) is 0 Å². The summed E-state index contributed by atoms with van der Waals surface area (Å²) in [7, 11) is 0. The Morgan fingerprint density at radius 1 is 0.600 bits per heavy atom. The second-order valence-corrected chi connectivity index (χ2v) is 6.70. The van der Waals surface area contributed by atoms with Crippen LogP contribution >= 0.6 is 0 Å². The minimum atomic E-state index is 0.417. The van der Waals surface area contributed by atoms with E-state index in [4.69, 9.17) is 4.84 Å². The monoisotopic (exact) mass is 282 g/mol. The fourth-order valence-corrected chi connectivity index (χ4v) is 3.68. The van der Waals surface area contributed by atoms with Gasteiger partial charge < -0.3 is 0 Å². The molecule has 118 valence electrons. The van der Waals surface area contributed by atoms with Gasteiger partial charge in [-0.2, -0.15) is 0 Å². The van der Waals surface area contributed by atoms with Crippen LogP contribution in [0.15, 0.2) is 0 Å². The van der Waals surface area contributed by atoms with Gasteiger partial charge >= 0.3 is 0 Å². The molecule has 1 unspecified atom stereocenters. The summed E-state index contributed by atoms with van der Waals surface area (Å²) in [5.74, 6) is 0.766. The Labute approximate surface area is 125 Å². The quantitative estimate of drug-likeness (QED) is 0.743. The molecule has 0 radical (unpaired) electrons. The molecule has 2 fully saturated rings. The van der Waals surface area contributed by atoms with Crippen LogP contribution in [0.1, 0.15) is 89.9 Å². The molecule has 3 nitrogen and oxygen atoms in total. The fraction of sp³-hybridized carbons (Fsp3) is 1.00. The van der Waals surface area contributed by atoms with Gasteiger partial charge in [-0.25, -0.2) is 5.43 Å². The molecule has 1 aliphatic carbocycles. The molecule has 1 heterocycles. The molecular weight excluding hydrogens is 248 g/mol. The van der Waals surface area contributed by atoms with Crippen molar-refractivity contribution in [2.24, 2.45) is 5.92 Å². The SMILES string of the molecule is C1CCCCC(C2CCCCCCNNO2)CCCC1. The van der Waals surface area contributed by atoms with Crippen LogP contribution in [-0.2, 0) is 4.84 Å². The van der Waals surface area contributed by atoms with Crippen LogP contribution in [0.5, 0.6) is 0 Å². The highest BCUT2D eigenvalue weighted by Gasteiger charge is 2.22. The molecule has 0 spiro atoms. The summed E-state index contributed by atoms with van der Waals surface area (Å²) in [6.45, 7) is 1.03. The van der Waals surface area contributed by atoms with E-state index in [1.54, 1.807) is 0 Å². The maximum absolute atomic E-state index is 5.97. The summed E-state index contributed by atoms with van der Waals surface area (Å²) >= 11 is 0. The van der Waals surface area contributed by atoms with Crippen molar-refractivity contribution >= 4 is 0 Å². The third-order valence-corrected chi connectivity index (χ3v) is 5.00. The summed E-state index contributed by atoms with van der Waals surface area (Å²) in [6.07, 6.45) is 19.7. The minimum Gasteiger partial charge on any atom is -0.283 e. The second-order valence-electron chi connectivity index (χ2n) is 6.70. The van der Waals surface area contributed by atoms with E-state index in [9.17, 15) is 0 Å². The first kappa shape index (κ1) is 16.3. The first-order valence-corrected chi connectivity index (χ1v) is 9.10. The summed E-state index contributed by atoms with van der Waals surface area (Å²) in [5.41, 5.74) is 6.22. The zero-order valence-corrected chi connectivity index (χ0v) is 13.2. The van der Waals surface area contributed by atoms with E-state index in [2.05, 4.69) is 11.0 Å². The van der Waals surface area contributed by atoms with Gasteiger partial charge in [-0.15, -0.1) is 5.59 Å². The lowest BCUT2D eigenvalue weighted by molar-refractivity contribution is -0.0853. The predicted molar refractivity (Wildman–Crippen MR) is 84.1 cm³/mol. The highest BCUT2D eigenvalue weighted by Crippen LogP contribution is 2.28. The minimum absolute atomic E-state index is 0.417. The van der Waals surface area contributed by atoms with E-state index in [-0.39, 0.29) is 0 Å². The first-order chi connectivity index (χ1) is 9.97. The molecule has 0 aromatic carbocycles. The van der Waals surface area contributed by atoms with Gasteiger partial charge in [0.1, 0.15) is 0 Å². The predicted octanol–water partition coefficient (Wildman–Crippen LogP) is 4.49. The Morgan fingerprint density at radius 3 is 1.85 bits per heavy atom. The zero-order valence-electron chi connectivity index (χ0n) is 13.2. The summed E-state index contributed by atoms with van der Waals surface area (Å²) in [4.78, 5) is 5.97. The number of rotatable bonds is 1. The molecule has 2 rings (SSSR count). The van der Waals surface area contributed by atoms with Crippen LogP contribution < -0.4 is 11.0 Å². The fourth-order valence-electron chi connectivity index (χ4n) is 3.68. The Kier molecular flexibility index (Phi) is 8.60. The molecule has 0 amide bonds. The smallest absolute Gasteiger partial charge is 0.0834 e. The lowest BCUT2D eigenvalue weighted by atomic mass is 9.86. The Bertz CT molecular complexity index is 191. The van der Waals surface area contributed by atoms with Crippen LogP contribution in [0, 0.1) is 5.92 Å². The van der Waals surface area contributed by atoms with Crippen molar-refractivity contribution in [2.75, 3.05) is 6.54 Å². The molecule has 2 N–H and O–H groups in total. The van der Waals surface area contributed by atoms with Crippen molar-refractivity contribution in [3.05, 3.63) is 0 Å². The highest BCUT2D eigenvalue weighted by atomic mass is 16.7. The summed E-state index contributed by atoms with van der Waals surface area (Å²) in [6, 6.07) is 0. The van der Waals surface area contributed by atoms with Crippen molar-refractivity contribution in [3.63, 3.8) is 0 Å². The van der Waals surface area contributed by atoms with Gasteiger partial charge in [-0.3, -0.25) is 4.84 Å². The molecule has 0 aromatic heterocycles. The van der Waals surface area contributed by atoms with Crippen LogP contribution in [0.25, 0.3) is 0 Å². The van der Waals surface area contributed by atoms with Crippen LogP contribution in [0.4, 0.5) is 0 Å². The normalized spacial score (nSPS) is 29.7. The van der Waals surface area contributed by atoms with Crippen molar-refractivity contribution in [1.29, 1.82) is 0 Å². The molecule has 1 atom stereocenters. The van der Waals surface area contributed by atoms with E-state index >= 15 is 0 Å². The van der Waals surface area contributed by atoms with Crippen molar-refractivity contribution in [2.45, 2.75) is 96.0 Å². The third-order valence-electron chi connectivity index (χ3n) is 5.00. The Balaban J connectivity index is 1.81. The standard InChI is InChI=1S/C17H34N2O/c1-2-4-8-12-16(13-9-5-3-1)17-14-10-6-7-11-15-18-19-20-17/h16-19H,1-15H2. The number of nitrogens with one attached hydrogen (secondary N) is 2. The van der Waals surface area contributed by atoms with Gasteiger partial charge in [0.25, 0.3) is 0 Å². The molecule has 1 saturated heterocycles. The summed E-state index contributed by atoms with van der Waals surface area (Å²) < 4.78 is 0. The van der Waals surface area contributed by atoms with Gasteiger partial charge in [0.15, 0.2) is 0 Å². The van der Waals surface area contributed by atoms with Crippen molar-refractivity contribution in [1.82, 2.24) is 11.0 Å². The molecule has 1 saturated carbocycles. The average Bonchev–Trinajstić information content (AvgIpc) is 2.50.